The summed E-state index contributed by atoms with van der Waals surface area (Å²) < 4.78 is 1.94. The van der Waals surface area contributed by atoms with E-state index < -0.39 is 0 Å². The van der Waals surface area contributed by atoms with Gasteiger partial charge in [-0.3, -0.25) is 14.3 Å². The average molecular weight is 421 g/mol. The van der Waals surface area contributed by atoms with Crippen molar-refractivity contribution in [3.05, 3.63) is 79.3 Å². The first-order valence-electron chi connectivity index (χ1n) is 9.99. The lowest BCUT2D eigenvalue weighted by molar-refractivity contribution is -0.114. The molecule has 8 heteroatoms. The molecule has 156 valence electrons. The number of hydrogen-bond acceptors (Lipinski definition) is 6. The fourth-order valence-corrected chi connectivity index (χ4v) is 3.62. The summed E-state index contributed by atoms with van der Waals surface area (Å²) in [5.41, 5.74) is 10.9. The molecule has 32 heavy (non-hydrogen) atoms. The number of imidazole rings is 1. The Morgan fingerprint density at radius 3 is 2.53 bits per heavy atom. The van der Waals surface area contributed by atoms with Crippen LogP contribution in [0.1, 0.15) is 6.92 Å². The molecular weight excluding hydrogens is 402 g/mol. The Labute approximate surface area is 183 Å². The number of fused-ring (bicyclic) bond motifs is 1. The Balaban J connectivity index is 1.86. The molecule has 0 unspecified atom stereocenters. The molecule has 0 bridgehead atoms. The van der Waals surface area contributed by atoms with Gasteiger partial charge in [0.1, 0.15) is 11.3 Å². The predicted octanol–water partition coefficient (Wildman–Crippen LogP) is 4.09. The Hall–Kier alpha value is -4.59. The molecule has 0 radical (unpaired) electrons. The maximum absolute atomic E-state index is 11.9. The molecule has 3 N–H and O–H groups in total. The highest BCUT2D eigenvalue weighted by molar-refractivity contribution is 5.97. The van der Waals surface area contributed by atoms with Crippen LogP contribution in [-0.4, -0.2) is 30.4 Å². The number of benzene rings is 1. The van der Waals surface area contributed by atoms with Crippen LogP contribution in [-0.2, 0) is 4.79 Å². The highest BCUT2D eigenvalue weighted by Gasteiger charge is 2.21. The Morgan fingerprint density at radius 1 is 1.00 bits per heavy atom. The number of hydrogen-bond donors (Lipinski definition) is 2. The lowest BCUT2D eigenvalue weighted by Crippen LogP contribution is -2.08. The molecule has 0 fully saturated rings. The fourth-order valence-electron chi connectivity index (χ4n) is 3.62. The standard InChI is InChI=1S/C24H19N7O/c1-15(32)28-19-13-20-24(30-21(19)16-7-5-11-26-14-16)31(17-8-3-2-4-9-17)23(29-20)18-10-6-12-27-22(18)25/h2-14H,1H3,(H2,25,27)(H,28,32). The number of nitrogens with one attached hydrogen (secondary N) is 1. The third-order valence-corrected chi connectivity index (χ3v) is 4.97. The van der Waals surface area contributed by atoms with Gasteiger partial charge >= 0.3 is 0 Å². The number of carbonyl (C=O) groups excluding carboxylic acids is 1. The molecule has 5 rings (SSSR count). The Bertz CT molecular complexity index is 1430. The zero-order valence-electron chi connectivity index (χ0n) is 17.2. The lowest BCUT2D eigenvalue weighted by Gasteiger charge is -2.12. The van der Waals surface area contributed by atoms with E-state index in [1.165, 1.54) is 6.92 Å². The van der Waals surface area contributed by atoms with Crippen molar-refractivity contribution in [2.45, 2.75) is 6.92 Å². The maximum Gasteiger partial charge on any atom is 0.221 e. The highest BCUT2D eigenvalue weighted by atomic mass is 16.1. The van der Waals surface area contributed by atoms with Crippen molar-refractivity contribution < 1.29 is 4.79 Å². The summed E-state index contributed by atoms with van der Waals surface area (Å²) in [6.07, 6.45) is 5.04. The van der Waals surface area contributed by atoms with Gasteiger partial charge in [0, 0.05) is 36.8 Å². The van der Waals surface area contributed by atoms with Crippen LogP contribution in [0.25, 0.3) is 39.5 Å². The van der Waals surface area contributed by atoms with Gasteiger partial charge < -0.3 is 11.1 Å². The number of nitrogens with zero attached hydrogens (tertiary/aromatic N) is 5. The van der Waals surface area contributed by atoms with Crippen LogP contribution in [0.15, 0.2) is 79.3 Å². The van der Waals surface area contributed by atoms with Gasteiger partial charge in [-0.05, 0) is 42.5 Å². The van der Waals surface area contributed by atoms with Crippen LogP contribution in [0.2, 0.25) is 0 Å². The number of aromatic nitrogens is 5. The van der Waals surface area contributed by atoms with Crippen LogP contribution < -0.4 is 11.1 Å². The minimum absolute atomic E-state index is 0.199. The van der Waals surface area contributed by atoms with E-state index in [0.717, 1.165) is 11.3 Å². The third kappa shape index (κ3) is 3.43. The topological polar surface area (TPSA) is 112 Å². The smallest absolute Gasteiger partial charge is 0.221 e. The molecule has 0 atom stereocenters. The van der Waals surface area contributed by atoms with E-state index in [1.807, 2.05) is 65.2 Å². The number of carbonyl (C=O) groups is 1. The van der Waals surface area contributed by atoms with Crippen molar-refractivity contribution in [3.63, 3.8) is 0 Å². The number of anilines is 2. The highest BCUT2D eigenvalue weighted by Crippen LogP contribution is 2.34. The normalized spacial score (nSPS) is 10.9. The first kappa shape index (κ1) is 19.4. The Kier molecular flexibility index (Phi) is 4.79. The number of rotatable bonds is 4. The Morgan fingerprint density at radius 2 is 1.81 bits per heavy atom. The number of amides is 1. The molecule has 0 aliphatic rings. The van der Waals surface area contributed by atoms with Crippen molar-refractivity contribution in [2.75, 3.05) is 11.1 Å². The molecule has 0 saturated heterocycles. The van der Waals surface area contributed by atoms with E-state index >= 15 is 0 Å². The van der Waals surface area contributed by atoms with Crippen LogP contribution in [0, 0.1) is 0 Å². The minimum Gasteiger partial charge on any atom is -0.383 e. The summed E-state index contributed by atoms with van der Waals surface area (Å²) in [6.45, 7) is 1.46. The minimum atomic E-state index is -0.199. The van der Waals surface area contributed by atoms with Crippen LogP contribution >= 0.6 is 0 Å². The molecule has 1 amide bonds. The van der Waals surface area contributed by atoms with Crippen LogP contribution in [0.3, 0.4) is 0 Å². The van der Waals surface area contributed by atoms with Crippen molar-refractivity contribution in [1.82, 2.24) is 24.5 Å². The second kappa shape index (κ2) is 7.92. The molecular formula is C24H19N7O. The van der Waals surface area contributed by atoms with Gasteiger partial charge in [0.25, 0.3) is 0 Å². The molecule has 1 aromatic carbocycles. The van der Waals surface area contributed by atoms with Gasteiger partial charge in [-0.25, -0.2) is 15.0 Å². The van der Waals surface area contributed by atoms with Gasteiger partial charge in [-0.1, -0.05) is 18.2 Å². The second-order valence-electron chi connectivity index (χ2n) is 7.19. The quantitative estimate of drug-likeness (QED) is 0.452. The van der Waals surface area contributed by atoms with Gasteiger partial charge in [0.2, 0.25) is 5.91 Å². The van der Waals surface area contributed by atoms with Gasteiger partial charge in [-0.15, -0.1) is 0 Å². The summed E-state index contributed by atoms with van der Waals surface area (Å²) in [4.78, 5) is 30.1. The van der Waals surface area contributed by atoms with Crippen molar-refractivity contribution in [1.29, 1.82) is 0 Å². The molecule has 4 aromatic heterocycles. The average Bonchev–Trinajstić information content (AvgIpc) is 3.17. The van der Waals surface area contributed by atoms with E-state index in [9.17, 15) is 4.79 Å². The van der Waals surface area contributed by atoms with Crippen LogP contribution in [0.5, 0.6) is 0 Å². The molecule has 5 aromatic rings. The molecule has 0 saturated carbocycles. The number of nitrogen functional groups attached to an aromatic ring is 1. The molecule has 4 heterocycles. The monoisotopic (exact) mass is 421 g/mol. The fraction of sp³-hybridized carbons (Fsp3) is 0.0417. The van der Waals surface area contributed by atoms with Crippen molar-refractivity contribution in [2.24, 2.45) is 0 Å². The largest absolute Gasteiger partial charge is 0.383 e. The summed E-state index contributed by atoms with van der Waals surface area (Å²) in [5.74, 6) is 0.784. The maximum atomic E-state index is 11.9. The van der Waals surface area contributed by atoms with E-state index in [0.29, 0.717) is 39.8 Å². The summed E-state index contributed by atoms with van der Waals surface area (Å²) in [5, 5.41) is 2.87. The number of para-hydroxylation sites is 1. The van der Waals surface area contributed by atoms with E-state index in [1.54, 1.807) is 18.6 Å². The first-order chi connectivity index (χ1) is 15.6. The number of nitrogens with two attached hydrogens (primary N) is 1. The molecule has 0 aliphatic carbocycles. The van der Waals surface area contributed by atoms with Gasteiger partial charge in [0.05, 0.1) is 16.9 Å². The summed E-state index contributed by atoms with van der Waals surface area (Å²) >= 11 is 0. The third-order valence-electron chi connectivity index (χ3n) is 4.97. The lowest BCUT2D eigenvalue weighted by atomic mass is 10.1. The summed E-state index contributed by atoms with van der Waals surface area (Å²) in [6, 6.07) is 19.0. The molecule has 8 nitrogen and oxygen atoms in total. The zero-order valence-corrected chi connectivity index (χ0v) is 17.2. The van der Waals surface area contributed by atoms with E-state index in [4.69, 9.17) is 15.7 Å². The predicted molar refractivity (Wildman–Crippen MR) is 124 cm³/mol. The zero-order chi connectivity index (χ0) is 22.1. The molecule has 0 aliphatic heterocycles. The number of pyridine rings is 3. The van der Waals surface area contributed by atoms with Crippen molar-refractivity contribution in [3.8, 4) is 28.3 Å². The molecule has 0 spiro atoms. The van der Waals surface area contributed by atoms with E-state index in [-0.39, 0.29) is 5.91 Å². The van der Waals surface area contributed by atoms with Gasteiger partial charge in [-0.2, -0.15) is 0 Å². The van der Waals surface area contributed by atoms with E-state index in [2.05, 4.69) is 15.3 Å². The second-order valence-corrected chi connectivity index (χ2v) is 7.19. The first-order valence-corrected chi connectivity index (χ1v) is 9.99. The van der Waals surface area contributed by atoms with Crippen LogP contribution in [0.4, 0.5) is 11.5 Å². The van der Waals surface area contributed by atoms with Gasteiger partial charge in [0.15, 0.2) is 11.5 Å². The SMILES string of the molecule is CC(=O)Nc1cc2nc(-c3cccnc3N)n(-c3ccccc3)c2nc1-c1cccnc1. The summed E-state index contributed by atoms with van der Waals surface area (Å²) in [7, 11) is 0. The van der Waals surface area contributed by atoms with Crippen molar-refractivity contribution >= 4 is 28.6 Å².